The van der Waals surface area contributed by atoms with Crippen LogP contribution in [0.5, 0.6) is 5.75 Å². The van der Waals surface area contributed by atoms with E-state index < -0.39 is 0 Å². The lowest BCUT2D eigenvalue weighted by atomic mass is 10.0. The first kappa shape index (κ1) is 12.4. The molecule has 2 unspecified atom stereocenters. The highest BCUT2D eigenvalue weighted by Crippen LogP contribution is 2.39. The average molecular weight is 274 g/mol. The van der Waals surface area contributed by atoms with Crippen LogP contribution >= 0.6 is 11.6 Å². The zero-order valence-corrected chi connectivity index (χ0v) is 11.7. The third kappa shape index (κ3) is 2.28. The van der Waals surface area contributed by atoms with E-state index in [1.807, 2.05) is 30.3 Å². The molecule has 3 rings (SSSR count). The van der Waals surface area contributed by atoms with E-state index in [2.05, 4.69) is 31.3 Å². The lowest BCUT2D eigenvalue weighted by molar-refractivity contribution is 0.176. The Morgan fingerprint density at radius 1 is 1.11 bits per heavy atom. The van der Waals surface area contributed by atoms with Crippen LogP contribution < -0.4 is 10.1 Å². The second-order valence-corrected chi connectivity index (χ2v) is 5.41. The van der Waals surface area contributed by atoms with Crippen molar-refractivity contribution in [3.05, 3.63) is 58.6 Å². The molecule has 1 aliphatic rings. The zero-order chi connectivity index (χ0) is 13.4. The summed E-state index contributed by atoms with van der Waals surface area (Å²) in [7, 11) is 0. The number of rotatable bonds is 1. The summed E-state index contributed by atoms with van der Waals surface area (Å²) in [4.78, 5) is 0. The summed E-state index contributed by atoms with van der Waals surface area (Å²) in [6, 6.07) is 14.2. The number of fused-ring (bicyclic) bond motifs is 1. The van der Waals surface area contributed by atoms with Gasteiger partial charge in [-0.1, -0.05) is 35.9 Å². The van der Waals surface area contributed by atoms with Gasteiger partial charge in [0.05, 0.1) is 11.7 Å². The maximum atomic E-state index is 6.20. The Kier molecular flexibility index (Phi) is 3.11. The number of halogens is 1. The summed E-state index contributed by atoms with van der Waals surface area (Å²) in [6.45, 7) is 4.19. The van der Waals surface area contributed by atoms with Crippen LogP contribution in [0.25, 0.3) is 0 Å². The quantitative estimate of drug-likeness (QED) is 0.821. The lowest BCUT2D eigenvalue weighted by Crippen LogP contribution is -2.32. The number of anilines is 1. The van der Waals surface area contributed by atoms with Gasteiger partial charge in [0.1, 0.15) is 11.9 Å². The van der Waals surface area contributed by atoms with Gasteiger partial charge in [-0.2, -0.15) is 0 Å². The van der Waals surface area contributed by atoms with Crippen LogP contribution in [0.2, 0.25) is 5.02 Å². The maximum Gasteiger partial charge on any atom is 0.146 e. The molecular formula is C16H16ClNO. The molecule has 0 saturated heterocycles. The molecule has 1 heterocycles. The van der Waals surface area contributed by atoms with Gasteiger partial charge in [-0.15, -0.1) is 0 Å². The monoisotopic (exact) mass is 273 g/mol. The summed E-state index contributed by atoms with van der Waals surface area (Å²) in [6.07, 6.45) is 0.00543. The number of hydrogen-bond acceptors (Lipinski definition) is 2. The first-order chi connectivity index (χ1) is 9.15. The van der Waals surface area contributed by atoms with Crippen LogP contribution in [0, 0.1) is 6.92 Å². The van der Waals surface area contributed by atoms with Gasteiger partial charge in [-0.05, 0) is 43.2 Å². The van der Waals surface area contributed by atoms with E-state index in [0.717, 1.165) is 27.6 Å². The molecule has 0 bridgehead atoms. The van der Waals surface area contributed by atoms with Crippen LogP contribution in [-0.2, 0) is 0 Å². The molecule has 2 aromatic carbocycles. The molecule has 1 aliphatic heterocycles. The predicted molar refractivity (Wildman–Crippen MR) is 79.1 cm³/mol. The number of hydrogen-bond donors (Lipinski definition) is 1. The second-order valence-electron chi connectivity index (χ2n) is 4.97. The highest BCUT2D eigenvalue weighted by molar-refractivity contribution is 6.30. The summed E-state index contributed by atoms with van der Waals surface area (Å²) in [5.41, 5.74) is 3.35. The molecular weight excluding hydrogens is 258 g/mol. The maximum absolute atomic E-state index is 6.20. The molecule has 2 nitrogen and oxygen atoms in total. The minimum atomic E-state index is 0.00543. The fourth-order valence-corrected chi connectivity index (χ4v) is 2.61. The first-order valence-corrected chi connectivity index (χ1v) is 6.81. The first-order valence-electron chi connectivity index (χ1n) is 6.43. The van der Waals surface area contributed by atoms with Gasteiger partial charge in [0, 0.05) is 5.02 Å². The number of aryl methyl sites for hydroxylation is 1. The van der Waals surface area contributed by atoms with Gasteiger partial charge in [-0.3, -0.25) is 0 Å². The molecule has 19 heavy (non-hydrogen) atoms. The third-order valence-electron chi connectivity index (χ3n) is 3.49. The van der Waals surface area contributed by atoms with E-state index >= 15 is 0 Å². The minimum absolute atomic E-state index is 0.00543. The van der Waals surface area contributed by atoms with Crippen LogP contribution in [-0.4, -0.2) is 6.04 Å². The fourth-order valence-electron chi connectivity index (χ4n) is 2.48. The Morgan fingerprint density at radius 3 is 2.58 bits per heavy atom. The Bertz CT molecular complexity index is 594. The van der Waals surface area contributed by atoms with E-state index in [-0.39, 0.29) is 12.1 Å². The average Bonchev–Trinajstić information content (AvgIpc) is 2.40. The number of benzene rings is 2. The van der Waals surface area contributed by atoms with E-state index in [9.17, 15) is 0 Å². The fraction of sp³-hybridized carbons (Fsp3) is 0.250. The largest absolute Gasteiger partial charge is 0.481 e. The highest BCUT2D eigenvalue weighted by atomic mass is 35.5. The van der Waals surface area contributed by atoms with Crippen LogP contribution in [0.4, 0.5) is 5.69 Å². The van der Waals surface area contributed by atoms with Crippen molar-refractivity contribution in [1.29, 1.82) is 0 Å². The van der Waals surface area contributed by atoms with E-state index in [1.54, 1.807) is 0 Å². The molecule has 0 amide bonds. The summed E-state index contributed by atoms with van der Waals surface area (Å²) >= 11 is 5.94. The molecule has 0 radical (unpaired) electrons. The second kappa shape index (κ2) is 4.78. The van der Waals surface area contributed by atoms with Crippen molar-refractivity contribution in [3.63, 3.8) is 0 Å². The van der Waals surface area contributed by atoms with Crippen molar-refractivity contribution in [2.75, 3.05) is 5.32 Å². The molecule has 0 fully saturated rings. The van der Waals surface area contributed by atoms with Crippen molar-refractivity contribution >= 4 is 17.3 Å². The molecule has 1 N–H and O–H groups in total. The standard InChI is InChI=1S/C16H16ClNO/c1-10-4-3-5-14-15(10)19-16(11(2)18-14)12-6-8-13(17)9-7-12/h3-9,11,16,18H,1-2H3. The van der Waals surface area contributed by atoms with Gasteiger partial charge < -0.3 is 10.1 Å². The SMILES string of the molecule is Cc1cccc2c1OC(c1ccc(Cl)cc1)C(C)N2. The predicted octanol–water partition coefficient (Wildman–Crippen LogP) is 4.58. The van der Waals surface area contributed by atoms with Crippen molar-refractivity contribution in [3.8, 4) is 5.75 Å². The normalized spacial score (nSPS) is 21.2. The molecule has 0 aromatic heterocycles. The number of ether oxygens (including phenoxy) is 1. The zero-order valence-electron chi connectivity index (χ0n) is 11.0. The molecule has 2 atom stereocenters. The molecule has 3 heteroatoms. The van der Waals surface area contributed by atoms with Gasteiger partial charge in [0.15, 0.2) is 0 Å². The topological polar surface area (TPSA) is 21.3 Å². The van der Waals surface area contributed by atoms with Crippen LogP contribution in [0.3, 0.4) is 0 Å². The molecule has 98 valence electrons. The molecule has 0 saturated carbocycles. The minimum Gasteiger partial charge on any atom is -0.481 e. The Morgan fingerprint density at radius 2 is 1.84 bits per heavy atom. The Labute approximate surface area is 118 Å². The molecule has 2 aromatic rings. The number of para-hydroxylation sites is 1. The Balaban J connectivity index is 1.97. The molecule has 0 aliphatic carbocycles. The van der Waals surface area contributed by atoms with Crippen molar-refractivity contribution in [1.82, 2.24) is 0 Å². The van der Waals surface area contributed by atoms with Crippen molar-refractivity contribution in [2.24, 2.45) is 0 Å². The highest BCUT2D eigenvalue weighted by Gasteiger charge is 2.28. The van der Waals surface area contributed by atoms with Gasteiger partial charge in [0.2, 0.25) is 0 Å². The third-order valence-corrected chi connectivity index (χ3v) is 3.74. The van der Waals surface area contributed by atoms with Gasteiger partial charge in [0.25, 0.3) is 0 Å². The summed E-state index contributed by atoms with van der Waals surface area (Å²) in [5, 5.41) is 4.25. The molecule has 0 spiro atoms. The van der Waals surface area contributed by atoms with Gasteiger partial charge in [-0.25, -0.2) is 0 Å². The van der Waals surface area contributed by atoms with Crippen LogP contribution in [0.1, 0.15) is 24.2 Å². The van der Waals surface area contributed by atoms with Crippen LogP contribution in [0.15, 0.2) is 42.5 Å². The van der Waals surface area contributed by atoms with E-state index in [1.165, 1.54) is 0 Å². The van der Waals surface area contributed by atoms with E-state index in [4.69, 9.17) is 16.3 Å². The Hall–Kier alpha value is -1.67. The smallest absolute Gasteiger partial charge is 0.146 e. The van der Waals surface area contributed by atoms with Crippen molar-refractivity contribution < 1.29 is 4.74 Å². The summed E-state index contributed by atoms with van der Waals surface area (Å²) < 4.78 is 6.20. The van der Waals surface area contributed by atoms with Gasteiger partial charge >= 0.3 is 0 Å². The number of nitrogens with one attached hydrogen (secondary N) is 1. The lowest BCUT2D eigenvalue weighted by Gasteiger charge is -2.34. The summed E-state index contributed by atoms with van der Waals surface area (Å²) in [5.74, 6) is 0.945. The van der Waals surface area contributed by atoms with E-state index in [0.29, 0.717) is 0 Å². The van der Waals surface area contributed by atoms with Crippen molar-refractivity contribution in [2.45, 2.75) is 26.0 Å².